The summed E-state index contributed by atoms with van der Waals surface area (Å²) >= 11 is 0. The van der Waals surface area contributed by atoms with Gasteiger partial charge in [0, 0.05) is 56.4 Å². The first kappa shape index (κ1) is 11.7. The number of hydrogen-bond donors (Lipinski definition) is 3. The van der Waals surface area contributed by atoms with Crippen molar-refractivity contribution in [2.24, 2.45) is 5.73 Å². The zero-order chi connectivity index (χ0) is 12.4. The van der Waals surface area contributed by atoms with Gasteiger partial charge >= 0.3 is 0 Å². The lowest BCUT2D eigenvalue weighted by atomic mass is 10.1. The smallest absolute Gasteiger partial charge is 0.0460 e. The van der Waals surface area contributed by atoms with E-state index in [1.807, 2.05) is 0 Å². The maximum Gasteiger partial charge on any atom is 0.0460 e. The van der Waals surface area contributed by atoms with Crippen molar-refractivity contribution >= 4 is 10.9 Å². The summed E-state index contributed by atoms with van der Waals surface area (Å²) < 4.78 is 0. The summed E-state index contributed by atoms with van der Waals surface area (Å²) in [6.07, 6.45) is 2.13. The summed E-state index contributed by atoms with van der Waals surface area (Å²) in [5, 5.41) is 4.71. The molecule has 1 saturated heterocycles. The number of rotatable bonds is 3. The highest BCUT2D eigenvalue weighted by atomic mass is 15.2. The van der Waals surface area contributed by atoms with Gasteiger partial charge in [-0.25, -0.2) is 0 Å². The second-order valence-electron chi connectivity index (χ2n) is 4.92. The molecule has 1 aromatic heterocycles. The highest BCUT2D eigenvalue weighted by Crippen LogP contribution is 2.21. The molecule has 2 aromatic rings. The zero-order valence-corrected chi connectivity index (χ0v) is 10.6. The van der Waals surface area contributed by atoms with Crippen molar-refractivity contribution in [1.82, 2.24) is 15.2 Å². The fraction of sp³-hybridized carbons (Fsp3) is 0.429. The molecule has 0 atom stereocenters. The van der Waals surface area contributed by atoms with Gasteiger partial charge in [0.05, 0.1) is 0 Å². The number of nitrogens with one attached hydrogen (secondary N) is 2. The van der Waals surface area contributed by atoms with E-state index in [4.69, 9.17) is 5.73 Å². The lowest BCUT2D eigenvalue weighted by Gasteiger charge is -2.26. The Labute approximate surface area is 107 Å². The number of aromatic amines is 1. The Balaban J connectivity index is 1.83. The van der Waals surface area contributed by atoms with E-state index in [0.29, 0.717) is 6.54 Å². The minimum absolute atomic E-state index is 0.599. The monoisotopic (exact) mass is 244 g/mol. The molecule has 0 spiro atoms. The van der Waals surface area contributed by atoms with E-state index in [9.17, 15) is 0 Å². The highest BCUT2D eigenvalue weighted by Gasteiger charge is 2.12. The van der Waals surface area contributed by atoms with Crippen molar-refractivity contribution in [3.8, 4) is 0 Å². The summed E-state index contributed by atoms with van der Waals surface area (Å²) in [6, 6.07) is 6.46. The summed E-state index contributed by atoms with van der Waals surface area (Å²) in [4.78, 5) is 5.85. The first-order chi connectivity index (χ1) is 8.86. The molecule has 0 saturated carbocycles. The molecule has 0 aliphatic carbocycles. The largest absolute Gasteiger partial charge is 0.361 e. The molecular weight excluding hydrogens is 224 g/mol. The molecule has 3 rings (SSSR count). The molecule has 4 heteroatoms. The van der Waals surface area contributed by atoms with E-state index in [0.717, 1.165) is 32.7 Å². The van der Waals surface area contributed by atoms with Gasteiger partial charge in [-0.15, -0.1) is 0 Å². The Kier molecular flexibility index (Phi) is 3.32. The van der Waals surface area contributed by atoms with Crippen LogP contribution in [0.5, 0.6) is 0 Å². The van der Waals surface area contributed by atoms with Crippen LogP contribution in [0.1, 0.15) is 11.1 Å². The molecule has 0 unspecified atom stereocenters. The van der Waals surface area contributed by atoms with Crippen molar-refractivity contribution < 1.29 is 0 Å². The number of H-pyrrole nitrogens is 1. The maximum absolute atomic E-state index is 5.67. The summed E-state index contributed by atoms with van der Waals surface area (Å²) in [7, 11) is 0. The standard InChI is InChI=1S/C14H20N4/c15-8-11-1-2-13-12(9-17-14(13)7-11)10-18-5-3-16-4-6-18/h1-2,7,9,16-17H,3-6,8,10,15H2. The zero-order valence-electron chi connectivity index (χ0n) is 10.6. The Bertz CT molecular complexity index is 526. The fourth-order valence-corrected chi connectivity index (χ4v) is 2.60. The predicted octanol–water partition coefficient (Wildman–Crippen LogP) is 1.03. The number of piperazine rings is 1. The number of aromatic nitrogens is 1. The maximum atomic E-state index is 5.67. The Morgan fingerprint density at radius 3 is 2.83 bits per heavy atom. The lowest BCUT2D eigenvalue weighted by molar-refractivity contribution is 0.234. The third kappa shape index (κ3) is 2.27. The van der Waals surface area contributed by atoms with Crippen LogP contribution in [0.25, 0.3) is 10.9 Å². The van der Waals surface area contributed by atoms with Crippen LogP contribution < -0.4 is 11.1 Å². The summed E-state index contributed by atoms with van der Waals surface area (Å²) in [5.41, 5.74) is 9.43. The molecule has 2 heterocycles. The fourth-order valence-electron chi connectivity index (χ4n) is 2.60. The Hall–Kier alpha value is -1.36. The van der Waals surface area contributed by atoms with Crippen molar-refractivity contribution in [3.05, 3.63) is 35.5 Å². The SMILES string of the molecule is NCc1ccc2c(CN3CCNCC3)c[nH]c2c1. The van der Waals surface area contributed by atoms with E-state index in [2.05, 4.69) is 39.6 Å². The molecule has 18 heavy (non-hydrogen) atoms. The van der Waals surface area contributed by atoms with Gasteiger partial charge in [0.15, 0.2) is 0 Å². The van der Waals surface area contributed by atoms with Gasteiger partial charge in [-0.3, -0.25) is 4.90 Å². The van der Waals surface area contributed by atoms with E-state index in [-0.39, 0.29) is 0 Å². The summed E-state index contributed by atoms with van der Waals surface area (Å²) in [6.45, 7) is 6.09. The third-order valence-electron chi connectivity index (χ3n) is 3.67. The molecular formula is C14H20N4. The van der Waals surface area contributed by atoms with Crippen molar-refractivity contribution in [2.45, 2.75) is 13.1 Å². The molecule has 4 N–H and O–H groups in total. The van der Waals surface area contributed by atoms with Crippen LogP contribution in [0.3, 0.4) is 0 Å². The number of nitrogens with zero attached hydrogens (tertiary/aromatic N) is 1. The van der Waals surface area contributed by atoms with Gasteiger partial charge in [-0.1, -0.05) is 12.1 Å². The second-order valence-corrected chi connectivity index (χ2v) is 4.92. The predicted molar refractivity (Wildman–Crippen MR) is 74.3 cm³/mol. The summed E-state index contributed by atoms with van der Waals surface area (Å²) in [5.74, 6) is 0. The van der Waals surface area contributed by atoms with Crippen LogP contribution in [-0.4, -0.2) is 36.1 Å². The molecule has 1 aliphatic rings. The minimum atomic E-state index is 0.599. The number of hydrogen-bond acceptors (Lipinski definition) is 3. The topological polar surface area (TPSA) is 57.1 Å². The average molecular weight is 244 g/mol. The molecule has 0 bridgehead atoms. The average Bonchev–Trinajstić information content (AvgIpc) is 2.82. The van der Waals surface area contributed by atoms with E-state index in [1.165, 1.54) is 22.0 Å². The molecule has 1 aliphatic heterocycles. The quantitative estimate of drug-likeness (QED) is 0.756. The van der Waals surface area contributed by atoms with Gasteiger partial charge in [0.25, 0.3) is 0 Å². The van der Waals surface area contributed by atoms with Gasteiger partial charge in [0.1, 0.15) is 0 Å². The third-order valence-corrected chi connectivity index (χ3v) is 3.67. The van der Waals surface area contributed by atoms with E-state index < -0.39 is 0 Å². The number of nitrogens with two attached hydrogens (primary N) is 1. The van der Waals surface area contributed by atoms with Crippen LogP contribution in [-0.2, 0) is 13.1 Å². The molecule has 0 radical (unpaired) electrons. The van der Waals surface area contributed by atoms with Crippen LogP contribution in [0.4, 0.5) is 0 Å². The lowest BCUT2D eigenvalue weighted by Crippen LogP contribution is -2.42. The second kappa shape index (κ2) is 5.10. The normalized spacial score (nSPS) is 17.4. The van der Waals surface area contributed by atoms with Crippen LogP contribution in [0, 0.1) is 0 Å². The van der Waals surface area contributed by atoms with Gasteiger partial charge in [-0.2, -0.15) is 0 Å². The molecule has 1 fully saturated rings. The molecule has 96 valence electrons. The Morgan fingerprint density at radius 2 is 2.06 bits per heavy atom. The number of fused-ring (bicyclic) bond motifs is 1. The van der Waals surface area contributed by atoms with Crippen LogP contribution >= 0.6 is 0 Å². The van der Waals surface area contributed by atoms with Crippen molar-refractivity contribution in [2.75, 3.05) is 26.2 Å². The minimum Gasteiger partial charge on any atom is -0.361 e. The van der Waals surface area contributed by atoms with Crippen molar-refractivity contribution in [1.29, 1.82) is 0 Å². The van der Waals surface area contributed by atoms with Crippen molar-refractivity contribution in [3.63, 3.8) is 0 Å². The van der Waals surface area contributed by atoms with Gasteiger partial charge in [-0.05, 0) is 17.2 Å². The molecule has 4 nitrogen and oxygen atoms in total. The molecule has 0 amide bonds. The Morgan fingerprint density at radius 1 is 1.22 bits per heavy atom. The van der Waals surface area contributed by atoms with Gasteiger partial charge < -0.3 is 16.0 Å². The van der Waals surface area contributed by atoms with E-state index in [1.54, 1.807) is 0 Å². The molecule has 1 aromatic carbocycles. The first-order valence-corrected chi connectivity index (χ1v) is 6.59. The van der Waals surface area contributed by atoms with Crippen LogP contribution in [0.15, 0.2) is 24.4 Å². The van der Waals surface area contributed by atoms with Gasteiger partial charge in [0.2, 0.25) is 0 Å². The first-order valence-electron chi connectivity index (χ1n) is 6.59. The number of benzene rings is 1. The van der Waals surface area contributed by atoms with E-state index >= 15 is 0 Å². The highest BCUT2D eigenvalue weighted by molar-refractivity contribution is 5.83. The van der Waals surface area contributed by atoms with Crippen LogP contribution in [0.2, 0.25) is 0 Å².